The van der Waals surface area contributed by atoms with E-state index in [1.54, 1.807) is 25.4 Å². The van der Waals surface area contributed by atoms with E-state index in [0.717, 1.165) is 26.6 Å². The van der Waals surface area contributed by atoms with Crippen LogP contribution < -0.4 is 4.74 Å². The normalized spacial score (nSPS) is 12.0. The largest absolute Gasteiger partial charge is 0.495 e. The topological polar surface area (TPSA) is 59.4 Å². The van der Waals surface area contributed by atoms with Gasteiger partial charge in [-0.2, -0.15) is 0 Å². The number of halogens is 2. The summed E-state index contributed by atoms with van der Waals surface area (Å²) in [6.45, 7) is 1.94. The van der Waals surface area contributed by atoms with Gasteiger partial charge >= 0.3 is 5.97 Å². The molecule has 2 aromatic carbocycles. The SMILES string of the molecule is COc1c(Cl)cccc1-c1cc(Cl)cc(C(CC(=O)O)c2ncc(C)s2)c1. The van der Waals surface area contributed by atoms with Gasteiger partial charge in [0.1, 0.15) is 10.8 Å². The summed E-state index contributed by atoms with van der Waals surface area (Å²) in [5.41, 5.74) is 2.38. The number of ether oxygens (including phenoxy) is 1. The van der Waals surface area contributed by atoms with Gasteiger partial charge in [-0.25, -0.2) is 4.98 Å². The smallest absolute Gasteiger partial charge is 0.304 e. The van der Waals surface area contributed by atoms with Crippen molar-refractivity contribution in [3.8, 4) is 16.9 Å². The fraction of sp³-hybridized carbons (Fsp3) is 0.200. The summed E-state index contributed by atoms with van der Waals surface area (Å²) in [6, 6.07) is 11.0. The molecule has 0 bridgehead atoms. The van der Waals surface area contributed by atoms with Crippen LogP contribution in [0.5, 0.6) is 5.75 Å². The third-order valence-electron chi connectivity index (χ3n) is 4.12. The van der Waals surface area contributed by atoms with Crippen molar-refractivity contribution in [2.75, 3.05) is 7.11 Å². The van der Waals surface area contributed by atoms with Crippen LogP contribution in [-0.2, 0) is 4.79 Å². The zero-order valence-corrected chi connectivity index (χ0v) is 17.0. The number of aliphatic carboxylic acids is 1. The standard InChI is InChI=1S/C20H17Cl2NO3S/c1-11-10-23-20(27-11)16(9-18(24)25)13-6-12(7-14(21)8-13)15-4-3-5-17(22)19(15)26-2/h3-8,10,16H,9H2,1-2H3,(H,24,25). The molecule has 0 radical (unpaired) electrons. The van der Waals surface area contributed by atoms with Crippen molar-refractivity contribution in [2.24, 2.45) is 0 Å². The number of nitrogens with zero attached hydrogens (tertiary/aromatic N) is 1. The Morgan fingerprint density at radius 3 is 2.70 bits per heavy atom. The number of aryl methyl sites for hydroxylation is 1. The van der Waals surface area contributed by atoms with E-state index in [-0.39, 0.29) is 12.3 Å². The van der Waals surface area contributed by atoms with Crippen molar-refractivity contribution in [3.63, 3.8) is 0 Å². The van der Waals surface area contributed by atoms with Crippen molar-refractivity contribution < 1.29 is 14.6 Å². The molecule has 1 N–H and O–H groups in total. The number of hydrogen-bond acceptors (Lipinski definition) is 4. The molecule has 27 heavy (non-hydrogen) atoms. The minimum absolute atomic E-state index is 0.0700. The molecule has 7 heteroatoms. The first kappa shape index (κ1) is 19.7. The average molecular weight is 422 g/mol. The van der Waals surface area contributed by atoms with Gasteiger partial charge in [-0.1, -0.05) is 41.4 Å². The quantitative estimate of drug-likeness (QED) is 0.526. The van der Waals surface area contributed by atoms with Gasteiger partial charge in [-0.3, -0.25) is 4.79 Å². The summed E-state index contributed by atoms with van der Waals surface area (Å²) in [4.78, 5) is 16.9. The molecule has 0 fully saturated rings. The fourth-order valence-corrected chi connectivity index (χ4v) is 4.37. The zero-order valence-electron chi connectivity index (χ0n) is 14.7. The summed E-state index contributed by atoms with van der Waals surface area (Å²) < 4.78 is 5.44. The Bertz CT molecular complexity index is 987. The van der Waals surface area contributed by atoms with E-state index in [4.69, 9.17) is 27.9 Å². The molecule has 3 rings (SSSR count). The van der Waals surface area contributed by atoms with Crippen molar-refractivity contribution in [1.29, 1.82) is 0 Å². The maximum Gasteiger partial charge on any atom is 0.304 e. The Balaban J connectivity index is 2.14. The Labute approximate surface area is 171 Å². The van der Waals surface area contributed by atoms with Gasteiger partial charge in [0.2, 0.25) is 0 Å². The molecule has 3 aromatic rings. The lowest BCUT2D eigenvalue weighted by molar-refractivity contribution is -0.137. The van der Waals surface area contributed by atoms with Crippen LogP contribution in [0.3, 0.4) is 0 Å². The van der Waals surface area contributed by atoms with Crippen LogP contribution in [0.4, 0.5) is 0 Å². The van der Waals surface area contributed by atoms with Gasteiger partial charge in [-0.15, -0.1) is 11.3 Å². The molecule has 0 saturated heterocycles. The number of aromatic nitrogens is 1. The number of benzene rings is 2. The monoisotopic (exact) mass is 421 g/mol. The molecule has 0 amide bonds. The second kappa shape index (κ2) is 8.30. The number of hydrogen-bond donors (Lipinski definition) is 1. The molecule has 0 aliphatic carbocycles. The van der Waals surface area contributed by atoms with Gasteiger partial charge in [0.15, 0.2) is 0 Å². The van der Waals surface area contributed by atoms with Crippen LogP contribution in [0, 0.1) is 6.92 Å². The van der Waals surface area contributed by atoms with E-state index in [9.17, 15) is 9.90 Å². The molecule has 0 aliphatic rings. The van der Waals surface area contributed by atoms with E-state index >= 15 is 0 Å². The number of carbonyl (C=O) groups is 1. The lowest BCUT2D eigenvalue weighted by atomic mass is 9.92. The molecule has 140 valence electrons. The van der Waals surface area contributed by atoms with Crippen molar-refractivity contribution in [1.82, 2.24) is 4.98 Å². The van der Waals surface area contributed by atoms with Gasteiger partial charge in [0.05, 0.1) is 18.6 Å². The second-order valence-electron chi connectivity index (χ2n) is 6.05. The maximum atomic E-state index is 11.5. The van der Waals surface area contributed by atoms with Crippen LogP contribution >= 0.6 is 34.5 Å². The second-order valence-corrected chi connectivity index (χ2v) is 8.16. The fourth-order valence-electron chi connectivity index (χ4n) is 2.97. The highest BCUT2D eigenvalue weighted by Gasteiger charge is 2.23. The van der Waals surface area contributed by atoms with Crippen LogP contribution in [0.15, 0.2) is 42.6 Å². The predicted molar refractivity (Wildman–Crippen MR) is 109 cm³/mol. The van der Waals surface area contributed by atoms with Gasteiger partial charge < -0.3 is 9.84 Å². The molecule has 1 atom stereocenters. The van der Waals surface area contributed by atoms with E-state index in [0.29, 0.717) is 15.8 Å². The lowest BCUT2D eigenvalue weighted by Gasteiger charge is -2.16. The molecule has 0 spiro atoms. The summed E-state index contributed by atoms with van der Waals surface area (Å²) >= 11 is 14.1. The zero-order chi connectivity index (χ0) is 19.6. The number of para-hydroxylation sites is 1. The van der Waals surface area contributed by atoms with E-state index in [1.165, 1.54) is 11.3 Å². The molecule has 4 nitrogen and oxygen atoms in total. The number of methoxy groups -OCH3 is 1. The number of carboxylic acid groups (broad SMARTS) is 1. The van der Waals surface area contributed by atoms with E-state index in [2.05, 4.69) is 4.98 Å². The first-order valence-corrected chi connectivity index (χ1v) is 9.73. The number of rotatable bonds is 6. The Hall–Kier alpha value is -2.08. The summed E-state index contributed by atoms with van der Waals surface area (Å²) in [5.74, 6) is -0.731. The summed E-state index contributed by atoms with van der Waals surface area (Å²) in [7, 11) is 1.56. The van der Waals surface area contributed by atoms with Crippen LogP contribution in [0.1, 0.15) is 27.8 Å². The first-order chi connectivity index (χ1) is 12.9. The van der Waals surface area contributed by atoms with Gasteiger partial charge in [-0.05, 0) is 36.2 Å². The van der Waals surface area contributed by atoms with Crippen LogP contribution in [-0.4, -0.2) is 23.2 Å². The Kier molecular flexibility index (Phi) is 6.05. The maximum absolute atomic E-state index is 11.5. The minimum atomic E-state index is -0.894. The molecule has 1 heterocycles. The van der Waals surface area contributed by atoms with Crippen LogP contribution in [0.2, 0.25) is 10.0 Å². The first-order valence-electron chi connectivity index (χ1n) is 8.16. The lowest BCUT2D eigenvalue weighted by Crippen LogP contribution is -2.08. The third-order valence-corrected chi connectivity index (χ3v) is 5.66. The molecular weight excluding hydrogens is 405 g/mol. The number of thiazole rings is 1. The molecule has 0 saturated carbocycles. The van der Waals surface area contributed by atoms with Gasteiger partial charge in [0, 0.05) is 27.6 Å². The Morgan fingerprint density at radius 2 is 2.07 bits per heavy atom. The highest BCUT2D eigenvalue weighted by molar-refractivity contribution is 7.11. The molecule has 0 aliphatic heterocycles. The highest BCUT2D eigenvalue weighted by atomic mass is 35.5. The van der Waals surface area contributed by atoms with E-state index in [1.807, 2.05) is 31.2 Å². The summed E-state index contributed by atoms with van der Waals surface area (Å²) in [5, 5.41) is 11.1. The van der Waals surface area contributed by atoms with E-state index < -0.39 is 5.97 Å². The molecular formula is C20H17Cl2NO3S. The number of carboxylic acids is 1. The van der Waals surface area contributed by atoms with Crippen molar-refractivity contribution >= 4 is 40.5 Å². The molecule has 1 unspecified atom stereocenters. The van der Waals surface area contributed by atoms with Crippen LogP contribution in [0.25, 0.3) is 11.1 Å². The highest BCUT2D eigenvalue weighted by Crippen LogP contribution is 2.40. The molecule has 1 aromatic heterocycles. The van der Waals surface area contributed by atoms with Crippen molar-refractivity contribution in [3.05, 3.63) is 68.1 Å². The average Bonchev–Trinajstić information content (AvgIpc) is 3.04. The van der Waals surface area contributed by atoms with Gasteiger partial charge in [0.25, 0.3) is 0 Å². The minimum Gasteiger partial charge on any atom is -0.495 e. The predicted octanol–water partition coefficient (Wildman–Crippen LogP) is 6.04. The third kappa shape index (κ3) is 4.43. The van der Waals surface area contributed by atoms with Crippen molar-refractivity contribution in [2.45, 2.75) is 19.3 Å². The summed E-state index contributed by atoms with van der Waals surface area (Å²) in [6.07, 6.45) is 1.68. The Morgan fingerprint density at radius 1 is 1.30 bits per heavy atom.